The summed E-state index contributed by atoms with van der Waals surface area (Å²) in [7, 11) is 0. The number of carbonyl (C=O) groups is 2. The first-order valence-electron chi connectivity index (χ1n) is 7.42. The van der Waals surface area contributed by atoms with Crippen molar-refractivity contribution in [1.82, 2.24) is 15.5 Å². The van der Waals surface area contributed by atoms with Gasteiger partial charge in [0.15, 0.2) is 6.61 Å². The summed E-state index contributed by atoms with van der Waals surface area (Å²) in [4.78, 5) is 35.1. The number of rotatable bonds is 6. The van der Waals surface area contributed by atoms with Crippen LogP contribution in [0, 0.1) is 0 Å². The molecule has 0 saturated carbocycles. The molecule has 23 heavy (non-hydrogen) atoms. The number of amides is 1. The fraction of sp³-hybridized carbons (Fsp3) is 0.375. The van der Waals surface area contributed by atoms with Crippen LogP contribution >= 0.6 is 0 Å². The van der Waals surface area contributed by atoms with Crippen molar-refractivity contribution < 1.29 is 14.3 Å². The van der Waals surface area contributed by atoms with Crippen LogP contribution in [0.25, 0.3) is 10.8 Å². The fourth-order valence-corrected chi connectivity index (χ4v) is 2.06. The zero-order valence-corrected chi connectivity index (χ0v) is 13.1. The summed E-state index contributed by atoms with van der Waals surface area (Å²) in [5, 5.41) is 10.0. The number of fused-ring (bicyclic) bond motifs is 1. The number of aromatic amines is 1. The first kappa shape index (κ1) is 16.7. The lowest BCUT2D eigenvalue weighted by molar-refractivity contribution is -0.148. The Morgan fingerprint density at radius 1 is 1.30 bits per heavy atom. The zero-order chi connectivity index (χ0) is 16.8. The SMILES string of the molecule is CC[C@@H](C)NC(=O)COC(=O)Cc1n[nH]c(=O)c2ccccc12. The Hall–Kier alpha value is -2.70. The van der Waals surface area contributed by atoms with Gasteiger partial charge in [-0.2, -0.15) is 5.10 Å². The van der Waals surface area contributed by atoms with Crippen molar-refractivity contribution >= 4 is 22.6 Å². The molecule has 1 aromatic carbocycles. The Bertz CT molecular complexity index is 769. The highest BCUT2D eigenvalue weighted by Crippen LogP contribution is 2.13. The second kappa shape index (κ2) is 7.53. The Balaban J connectivity index is 2.00. The maximum Gasteiger partial charge on any atom is 0.312 e. The van der Waals surface area contributed by atoms with Crippen LogP contribution < -0.4 is 10.9 Å². The average Bonchev–Trinajstić information content (AvgIpc) is 2.55. The van der Waals surface area contributed by atoms with Gasteiger partial charge in [0, 0.05) is 11.4 Å². The molecule has 0 spiro atoms. The maximum atomic E-state index is 11.9. The Labute approximate surface area is 133 Å². The van der Waals surface area contributed by atoms with Crippen molar-refractivity contribution in [2.75, 3.05) is 6.61 Å². The van der Waals surface area contributed by atoms with Gasteiger partial charge in [-0.3, -0.25) is 14.4 Å². The van der Waals surface area contributed by atoms with Gasteiger partial charge in [-0.1, -0.05) is 25.1 Å². The van der Waals surface area contributed by atoms with Gasteiger partial charge in [-0.15, -0.1) is 0 Å². The number of H-pyrrole nitrogens is 1. The lowest BCUT2D eigenvalue weighted by atomic mass is 10.1. The number of nitrogens with zero attached hydrogens (tertiary/aromatic N) is 1. The van der Waals surface area contributed by atoms with E-state index < -0.39 is 5.97 Å². The molecule has 2 aromatic rings. The van der Waals surface area contributed by atoms with E-state index in [1.807, 2.05) is 13.8 Å². The summed E-state index contributed by atoms with van der Waals surface area (Å²) in [6.07, 6.45) is 0.681. The third-order valence-electron chi connectivity index (χ3n) is 3.47. The minimum absolute atomic E-state index is 0.0333. The van der Waals surface area contributed by atoms with E-state index in [9.17, 15) is 14.4 Å². The normalized spacial score (nSPS) is 11.9. The molecule has 0 aliphatic rings. The second-order valence-electron chi connectivity index (χ2n) is 5.26. The molecule has 0 aliphatic heterocycles. The fourth-order valence-electron chi connectivity index (χ4n) is 2.06. The van der Waals surface area contributed by atoms with Crippen LogP contribution in [0.1, 0.15) is 26.0 Å². The molecule has 0 unspecified atom stereocenters. The number of aromatic nitrogens is 2. The van der Waals surface area contributed by atoms with E-state index in [1.165, 1.54) is 0 Å². The van der Waals surface area contributed by atoms with E-state index in [0.717, 1.165) is 6.42 Å². The van der Waals surface area contributed by atoms with Crippen LogP contribution in [-0.4, -0.2) is 34.7 Å². The molecule has 0 fully saturated rings. The van der Waals surface area contributed by atoms with Gasteiger partial charge in [-0.25, -0.2) is 5.10 Å². The number of hydrogen-bond acceptors (Lipinski definition) is 5. The molecular weight excluding hydrogens is 298 g/mol. The molecular formula is C16H19N3O4. The number of nitrogens with one attached hydrogen (secondary N) is 2. The van der Waals surface area contributed by atoms with Crippen molar-refractivity contribution in [1.29, 1.82) is 0 Å². The molecule has 0 radical (unpaired) electrons. The Kier molecular flexibility index (Phi) is 5.46. The lowest BCUT2D eigenvalue weighted by Gasteiger charge is -2.11. The van der Waals surface area contributed by atoms with Gasteiger partial charge < -0.3 is 10.1 Å². The van der Waals surface area contributed by atoms with Crippen molar-refractivity contribution in [3.8, 4) is 0 Å². The first-order chi connectivity index (χ1) is 11.0. The first-order valence-corrected chi connectivity index (χ1v) is 7.42. The van der Waals surface area contributed by atoms with E-state index in [1.54, 1.807) is 24.3 Å². The summed E-state index contributed by atoms with van der Waals surface area (Å²) in [5.41, 5.74) is 0.0955. The molecule has 122 valence electrons. The van der Waals surface area contributed by atoms with E-state index in [-0.39, 0.29) is 30.5 Å². The summed E-state index contributed by atoms with van der Waals surface area (Å²) in [5.74, 6) is -0.916. The van der Waals surface area contributed by atoms with Gasteiger partial charge in [-0.05, 0) is 19.4 Å². The largest absolute Gasteiger partial charge is 0.455 e. The van der Waals surface area contributed by atoms with Crippen LogP contribution in [0.15, 0.2) is 29.1 Å². The third kappa shape index (κ3) is 4.38. The molecule has 2 rings (SSSR count). The maximum absolute atomic E-state index is 11.9. The molecule has 1 amide bonds. The van der Waals surface area contributed by atoms with Crippen LogP contribution in [0.5, 0.6) is 0 Å². The molecule has 0 saturated heterocycles. The molecule has 1 heterocycles. The lowest BCUT2D eigenvalue weighted by Crippen LogP contribution is -2.35. The number of carbonyl (C=O) groups excluding carboxylic acids is 2. The molecule has 0 bridgehead atoms. The molecule has 7 nitrogen and oxygen atoms in total. The highest BCUT2D eigenvalue weighted by Gasteiger charge is 2.13. The van der Waals surface area contributed by atoms with E-state index in [0.29, 0.717) is 16.5 Å². The van der Waals surface area contributed by atoms with E-state index in [4.69, 9.17) is 4.74 Å². The van der Waals surface area contributed by atoms with Gasteiger partial charge in [0.05, 0.1) is 17.5 Å². The zero-order valence-electron chi connectivity index (χ0n) is 13.1. The van der Waals surface area contributed by atoms with Gasteiger partial charge in [0.1, 0.15) is 0 Å². The van der Waals surface area contributed by atoms with Crippen LogP contribution in [0.4, 0.5) is 0 Å². The second-order valence-corrected chi connectivity index (χ2v) is 5.26. The number of esters is 1. The minimum atomic E-state index is -0.575. The van der Waals surface area contributed by atoms with Crippen molar-refractivity contribution in [3.63, 3.8) is 0 Å². The summed E-state index contributed by atoms with van der Waals surface area (Å²) < 4.78 is 4.95. The topological polar surface area (TPSA) is 101 Å². The number of hydrogen-bond donors (Lipinski definition) is 2. The van der Waals surface area contributed by atoms with Gasteiger partial charge in [0.2, 0.25) is 0 Å². The molecule has 1 atom stereocenters. The van der Waals surface area contributed by atoms with E-state index in [2.05, 4.69) is 15.5 Å². The Morgan fingerprint density at radius 2 is 2.00 bits per heavy atom. The highest BCUT2D eigenvalue weighted by molar-refractivity contribution is 5.87. The highest BCUT2D eigenvalue weighted by atomic mass is 16.5. The summed E-state index contributed by atoms with van der Waals surface area (Å²) in [6, 6.07) is 6.91. The predicted octanol–water partition coefficient (Wildman–Crippen LogP) is 0.923. The number of ether oxygens (including phenoxy) is 1. The summed E-state index contributed by atoms with van der Waals surface area (Å²) in [6.45, 7) is 3.49. The standard InChI is InChI=1S/C16H19N3O4/c1-3-10(2)17-14(20)9-23-15(21)8-13-11-6-4-5-7-12(11)16(22)19-18-13/h4-7,10H,3,8-9H2,1-2H3,(H,17,20)(H,19,22)/t10-/m1/s1. The van der Waals surface area contributed by atoms with E-state index >= 15 is 0 Å². The third-order valence-corrected chi connectivity index (χ3v) is 3.47. The quantitative estimate of drug-likeness (QED) is 0.772. The molecule has 0 aliphatic carbocycles. The molecule has 1 aromatic heterocycles. The van der Waals surface area contributed by atoms with Gasteiger partial charge in [0.25, 0.3) is 11.5 Å². The number of benzene rings is 1. The molecule has 7 heteroatoms. The Morgan fingerprint density at radius 3 is 2.70 bits per heavy atom. The van der Waals surface area contributed by atoms with Crippen LogP contribution in [-0.2, 0) is 20.7 Å². The minimum Gasteiger partial charge on any atom is -0.455 e. The predicted molar refractivity (Wildman–Crippen MR) is 84.9 cm³/mol. The van der Waals surface area contributed by atoms with Crippen molar-refractivity contribution in [2.24, 2.45) is 0 Å². The average molecular weight is 317 g/mol. The van der Waals surface area contributed by atoms with Crippen molar-refractivity contribution in [3.05, 3.63) is 40.3 Å². The van der Waals surface area contributed by atoms with Crippen molar-refractivity contribution in [2.45, 2.75) is 32.7 Å². The molecule has 2 N–H and O–H groups in total. The summed E-state index contributed by atoms with van der Waals surface area (Å²) >= 11 is 0. The van der Waals surface area contributed by atoms with Crippen LogP contribution in [0.3, 0.4) is 0 Å². The van der Waals surface area contributed by atoms with Gasteiger partial charge >= 0.3 is 5.97 Å². The monoisotopic (exact) mass is 317 g/mol. The van der Waals surface area contributed by atoms with Crippen LogP contribution in [0.2, 0.25) is 0 Å². The smallest absolute Gasteiger partial charge is 0.312 e.